The molecule has 1 aromatic heterocycles. The molecule has 85 heavy (non-hydrogen) atoms. The van der Waals surface area contributed by atoms with Gasteiger partial charge in [0.2, 0.25) is 0 Å². The first-order valence-corrected chi connectivity index (χ1v) is 31.8. The quantitative estimate of drug-likeness (QED) is 0.160. The molecule has 436 valence electrons. The summed E-state index contributed by atoms with van der Waals surface area (Å²) in [6.07, 6.45) is 3.42. The number of nitrogens with zero attached hydrogens (tertiary/aromatic N) is 3. The van der Waals surface area contributed by atoms with Gasteiger partial charge in [-0.2, -0.15) is 0 Å². The number of hydrogen-bond acceptors (Lipinski definition) is 4. The van der Waals surface area contributed by atoms with Crippen molar-refractivity contribution in [2.75, 3.05) is 14.7 Å². The van der Waals surface area contributed by atoms with Crippen molar-refractivity contribution in [3.63, 3.8) is 0 Å². The third-order valence-corrected chi connectivity index (χ3v) is 20.6. The number of furan rings is 1. The average molecular weight is 1120 g/mol. The molecule has 8 aromatic carbocycles. The maximum Gasteiger partial charge on any atom is 0.252 e. The highest BCUT2D eigenvalue weighted by Gasteiger charge is 2.50. The van der Waals surface area contributed by atoms with Crippen molar-refractivity contribution < 1.29 is 4.42 Å². The molecule has 0 N–H and O–H groups in total. The van der Waals surface area contributed by atoms with Gasteiger partial charge in [-0.05, 0) is 209 Å². The fourth-order valence-corrected chi connectivity index (χ4v) is 15.8. The van der Waals surface area contributed by atoms with Gasteiger partial charge >= 0.3 is 0 Å². The number of aryl methyl sites for hydroxylation is 1. The van der Waals surface area contributed by atoms with Gasteiger partial charge in [-0.3, -0.25) is 0 Å². The predicted molar refractivity (Wildman–Crippen MR) is 368 cm³/mol. The van der Waals surface area contributed by atoms with Gasteiger partial charge in [0.1, 0.15) is 11.2 Å². The van der Waals surface area contributed by atoms with Crippen molar-refractivity contribution in [1.82, 2.24) is 0 Å². The van der Waals surface area contributed by atoms with E-state index in [1.54, 1.807) is 0 Å². The van der Waals surface area contributed by atoms with Crippen LogP contribution in [-0.4, -0.2) is 6.71 Å². The Balaban J connectivity index is 1.17. The summed E-state index contributed by atoms with van der Waals surface area (Å²) >= 11 is 0. The molecule has 0 unspecified atom stereocenters. The summed E-state index contributed by atoms with van der Waals surface area (Å²) in [5, 5.41) is 2.29. The van der Waals surface area contributed by atoms with E-state index in [1.165, 1.54) is 101 Å². The monoisotopic (exact) mass is 1120 g/mol. The fourth-order valence-electron chi connectivity index (χ4n) is 15.8. The predicted octanol–water partition coefficient (Wildman–Crippen LogP) is 20.9. The molecule has 0 fully saturated rings. The molecule has 3 heterocycles. The summed E-state index contributed by atoms with van der Waals surface area (Å²) in [6.45, 7) is 50.3. The van der Waals surface area contributed by atoms with E-state index in [9.17, 15) is 0 Å². The van der Waals surface area contributed by atoms with Gasteiger partial charge in [0.25, 0.3) is 6.71 Å². The van der Waals surface area contributed by atoms with E-state index in [1.807, 2.05) is 0 Å². The van der Waals surface area contributed by atoms with Crippen molar-refractivity contribution in [2.24, 2.45) is 0 Å². The van der Waals surface area contributed by atoms with E-state index in [0.717, 1.165) is 57.5 Å². The molecule has 2 aliphatic carbocycles. The Morgan fingerprint density at radius 2 is 0.894 bits per heavy atom. The number of para-hydroxylation sites is 1. The van der Waals surface area contributed by atoms with Crippen molar-refractivity contribution >= 4 is 96.2 Å². The lowest BCUT2D eigenvalue weighted by Crippen LogP contribution is -2.62. The number of fused-ring (bicyclic) bond motifs is 9. The SMILES string of the molecule is Cc1cc2c(cc1N1c3cc4c(cc3B3c5ccc(N(c6ccc(C(C)(C)C)cc6)c6ccc(C(C)(C)C)cc6)cc5N(c5ccc6c(oc7ccccc76)c5C(C)(C)C)c5cc(C(C)(C)C)cc1c53)C(C)(C)CC4(C)C)C(C)(C)CCC2(C)C. The fraction of sp³-hybridized carbons (Fsp3) is 0.400. The first-order chi connectivity index (χ1) is 39.5. The first-order valence-electron chi connectivity index (χ1n) is 31.8. The van der Waals surface area contributed by atoms with Gasteiger partial charge < -0.3 is 19.1 Å². The lowest BCUT2D eigenvalue weighted by molar-refractivity contribution is 0.332. The van der Waals surface area contributed by atoms with Crippen LogP contribution in [0.25, 0.3) is 21.9 Å². The highest BCUT2D eigenvalue weighted by molar-refractivity contribution is 7.00. The van der Waals surface area contributed by atoms with Crippen LogP contribution in [0.3, 0.4) is 0 Å². The summed E-state index contributed by atoms with van der Waals surface area (Å²) in [5.74, 6) is 0. The van der Waals surface area contributed by atoms with Crippen molar-refractivity contribution in [1.29, 1.82) is 0 Å². The number of rotatable bonds is 5. The Morgan fingerprint density at radius 3 is 1.45 bits per heavy atom. The van der Waals surface area contributed by atoms with E-state index in [2.05, 4.69) is 300 Å². The second-order valence-electron chi connectivity index (χ2n) is 33.0. The van der Waals surface area contributed by atoms with Crippen molar-refractivity contribution in [3.05, 3.63) is 190 Å². The Labute approximate surface area is 510 Å². The van der Waals surface area contributed by atoms with E-state index >= 15 is 0 Å². The molecule has 0 atom stereocenters. The normalized spacial score (nSPS) is 17.4. The van der Waals surface area contributed by atoms with Gasteiger partial charge in [-0.1, -0.05) is 199 Å². The van der Waals surface area contributed by atoms with Crippen LogP contribution in [0, 0.1) is 6.92 Å². The van der Waals surface area contributed by atoms with Crippen LogP contribution >= 0.6 is 0 Å². The Hall–Kier alpha value is -6.98. The minimum atomic E-state index is -0.326. The minimum absolute atomic E-state index is 0.0103. The number of hydrogen-bond donors (Lipinski definition) is 0. The molecule has 0 bridgehead atoms. The number of benzene rings is 8. The van der Waals surface area contributed by atoms with Gasteiger partial charge in [-0.25, -0.2) is 0 Å². The lowest BCUT2D eigenvalue weighted by Gasteiger charge is -2.47. The van der Waals surface area contributed by atoms with E-state index < -0.39 is 0 Å². The van der Waals surface area contributed by atoms with Crippen molar-refractivity contribution in [3.8, 4) is 0 Å². The zero-order valence-corrected chi connectivity index (χ0v) is 55.2. The molecular weight excluding hydrogens is 1030 g/mol. The molecule has 9 aromatic rings. The topological polar surface area (TPSA) is 22.9 Å². The van der Waals surface area contributed by atoms with E-state index in [0.29, 0.717) is 0 Å². The second kappa shape index (κ2) is 18.5. The van der Waals surface area contributed by atoms with Gasteiger partial charge in [0.05, 0.1) is 5.69 Å². The smallest absolute Gasteiger partial charge is 0.252 e. The van der Waals surface area contributed by atoms with Gasteiger partial charge in [0.15, 0.2) is 0 Å². The van der Waals surface area contributed by atoms with Crippen LogP contribution in [0.4, 0.5) is 51.2 Å². The Bertz CT molecular complexity index is 4150. The average Bonchev–Trinajstić information content (AvgIpc) is 1.49. The third kappa shape index (κ3) is 9.04. The largest absolute Gasteiger partial charge is 0.456 e. The van der Waals surface area contributed by atoms with Gasteiger partial charge in [0, 0.05) is 61.8 Å². The van der Waals surface area contributed by atoms with Crippen LogP contribution in [0.2, 0.25) is 0 Å². The molecule has 0 spiro atoms. The summed E-state index contributed by atoms with van der Waals surface area (Å²) in [7, 11) is 0. The summed E-state index contributed by atoms with van der Waals surface area (Å²) in [4.78, 5) is 7.94. The summed E-state index contributed by atoms with van der Waals surface area (Å²) < 4.78 is 7.16. The lowest BCUT2D eigenvalue weighted by atomic mass is 9.33. The molecular formula is C80H92BN3O. The minimum Gasteiger partial charge on any atom is -0.456 e. The zero-order valence-electron chi connectivity index (χ0n) is 55.2. The molecule has 13 rings (SSSR count). The molecule has 0 saturated carbocycles. The third-order valence-electron chi connectivity index (χ3n) is 20.6. The zero-order chi connectivity index (χ0) is 60.8. The highest BCUT2D eigenvalue weighted by Crippen LogP contribution is 2.56. The molecule has 4 aliphatic rings. The molecule has 0 amide bonds. The first kappa shape index (κ1) is 57.1. The van der Waals surface area contributed by atoms with Crippen LogP contribution in [0.5, 0.6) is 0 Å². The number of anilines is 9. The van der Waals surface area contributed by atoms with Crippen LogP contribution in [-0.2, 0) is 43.3 Å². The molecule has 0 radical (unpaired) electrons. The van der Waals surface area contributed by atoms with Crippen LogP contribution in [0.15, 0.2) is 144 Å². The molecule has 0 saturated heterocycles. The van der Waals surface area contributed by atoms with Crippen LogP contribution in [0.1, 0.15) is 208 Å². The summed E-state index contributed by atoms with van der Waals surface area (Å²) in [5.41, 5.74) is 28.6. The highest BCUT2D eigenvalue weighted by atomic mass is 16.3. The summed E-state index contributed by atoms with van der Waals surface area (Å²) in [6, 6.07) is 55.3. The molecule has 4 nitrogen and oxygen atoms in total. The van der Waals surface area contributed by atoms with E-state index in [-0.39, 0.29) is 50.0 Å². The molecule has 5 heteroatoms. The maximum atomic E-state index is 7.16. The van der Waals surface area contributed by atoms with E-state index in [4.69, 9.17) is 4.42 Å². The standard InChI is InChI=1S/C80H92BN3O/c1-48-40-57-59(78(16,17)39-38-77(57,14)15)45-64(48)84-66-46-60-58(79(18,19)47-80(60,20)21)44-62(66)81-61-36-34-54(82(52-30-26-49(27-31-52)73(2,3)4)53-32-28-50(29-33-53)74(5,6)7)43-65(61)83(67-41-51(75(8,9)10)42-68(84)71(67)81)63-37-35-56-55-24-22-23-25-69(55)85-72(56)70(63)76(11,12)13/h22-37,40-46H,38-39,47H2,1-21H3. The Kier molecular flexibility index (Phi) is 12.4. The second-order valence-corrected chi connectivity index (χ2v) is 33.0. The Morgan fingerprint density at radius 1 is 0.412 bits per heavy atom. The maximum absolute atomic E-state index is 7.16. The van der Waals surface area contributed by atoms with Crippen molar-refractivity contribution in [2.45, 2.75) is 208 Å². The van der Waals surface area contributed by atoms with Gasteiger partial charge in [-0.15, -0.1) is 0 Å². The molecule has 2 aliphatic heterocycles. The van der Waals surface area contributed by atoms with Crippen LogP contribution < -0.4 is 31.1 Å².